The van der Waals surface area contributed by atoms with E-state index in [0.717, 1.165) is 25.1 Å². The van der Waals surface area contributed by atoms with Crippen molar-refractivity contribution < 1.29 is 4.42 Å². The van der Waals surface area contributed by atoms with E-state index in [1.165, 1.54) is 35.8 Å². The number of benzene rings is 1. The predicted molar refractivity (Wildman–Crippen MR) is 76.8 cm³/mol. The van der Waals surface area contributed by atoms with Gasteiger partial charge in [0.25, 0.3) is 0 Å². The van der Waals surface area contributed by atoms with Gasteiger partial charge in [0.2, 0.25) is 0 Å². The van der Waals surface area contributed by atoms with E-state index in [2.05, 4.69) is 37.4 Å². The monoisotopic (exact) mass is 245 g/mol. The highest BCUT2D eigenvalue weighted by Gasteiger charge is 2.06. The predicted octanol–water partition coefficient (Wildman–Crippen LogP) is 4.28. The fraction of sp³-hybridized carbons (Fsp3) is 0.500. The molecule has 0 amide bonds. The van der Waals surface area contributed by atoms with Gasteiger partial charge in [-0.25, -0.2) is 0 Å². The van der Waals surface area contributed by atoms with Gasteiger partial charge in [0.1, 0.15) is 5.58 Å². The topological polar surface area (TPSA) is 25.2 Å². The zero-order valence-electron chi connectivity index (χ0n) is 11.5. The Balaban J connectivity index is 2.14. The molecular weight excluding hydrogens is 222 g/mol. The number of hydrogen-bond acceptors (Lipinski definition) is 2. The summed E-state index contributed by atoms with van der Waals surface area (Å²) in [6, 6.07) is 6.58. The van der Waals surface area contributed by atoms with Gasteiger partial charge in [-0.05, 0) is 43.5 Å². The molecule has 0 aliphatic heterocycles. The molecule has 0 aliphatic rings. The van der Waals surface area contributed by atoms with Crippen LogP contribution in [-0.2, 0) is 13.0 Å². The van der Waals surface area contributed by atoms with Gasteiger partial charge in [-0.2, -0.15) is 0 Å². The normalized spacial score (nSPS) is 11.2. The Morgan fingerprint density at radius 1 is 1.17 bits per heavy atom. The van der Waals surface area contributed by atoms with Gasteiger partial charge in [0.05, 0.1) is 6.26 Å². The van der Waals surface area contributed by atoms with E-state index in [0.29, 0.717) is 0 Å². The van der Waals surface area contributed by atoms with Crippen molar-refractivity contribution in [2.45, 2.75) is 46.1 Å². The Kier molecular flexibility index (Phi) is 4.82. The third kappa shape index (κ3) is 3.14. The van der Waals surface area contributed by atoms with Crippen LogP contribution >= 0.6 is 0 Å². The highest BCUT2D eigenvalue weighted by atomic mass is 16.3. The van der Waals surface area contributed by atoms with E-state index in [4.69, 9.17) is 4.42 Å². The second-order valence-electron chi connectivity index (χ2n) is 4.87. The summed E-state index contributed by atoms with van der Waals surface area (Å²) in [6.07, 6.45) is 6.72. The van der Waals surface area contributed by atoms with Crippen LogP contribution in [0.15, 0.2) is 28.9 Å². The first-order valence-corrected chi connectivity index (χ1v) is 7.04. The van der Waals surface area contributed by atoms with Gasteiger partial charge in [-0.1, -0.05) is 26.3 Å². The van der Waals surface area contributed by atoms with Gasteiger partial charge in [0.15, 0.2) is 0 Å². The summed E-state index contributed by atoms with van der Waals surface area (Å²) in [5.74, 6) is 0. The Morgan fingerprint density at radius 2 is 2.06 bits per heavy atom. The van der Waals surface area contributed by atoms with Crippen LogP contribution in [0.2, 0.25) is 0 Å². The number of unbranched alkanes of at least 4 members (excludes halogenated alkanes) is 1. The van der Waals surface area contributed by atoms with Crippen LogP contribution in [0.4, 0.5) is 0 Å². The lowest BCUT2D eigenvalue weighted by molar-refractivity contribution is 0.601. The Bertz CT molecular complexity index is 487. The van der Waals surface area contributed by atoms with Gasteiger partial charge >= 0.3 is 0 Å². The van der Waals surface area contributed by atoms with Crippen molar-refractivity contribution in [2.75, 3.05) is 6.54 Å². The molecule has 18 heavy (non-hydrogen) atoms. The summed E-state index contributed by atoms with van der Waals surface area (Å²) in [6.45, 7) is 6.38. The smallest absolute Gasteiger partial charge is 0.134 e. The molecule has 0 fully saturated rings. The van der Waals surface area contributed by atoms with E-state index in [1.807, 2.05) is 6.26 Å². The second-order valence-corrected chi connectivity index (χ2v) is 4.87. The minimum atomic E-state index is 0.901. The molecular formula is C16H23NO. The van der Waals surface area contributed by atoms with Crippen LogP contribution in [0, 0.1) is 0 Å². The number of hydrogen-bond donors (Lipinski definition) is 1. The van der Waals surface area contributed by atoms with Gasteiger partial charge in [-0.15, -0.1) is 0 Å². The van der Waals surface area contributed by atoms with Gasteiger partial charge < -0.3 is 9.73 Å². The fourth-order valence-corrected chi connectivity index (χ4v) is 2.20. The molecule has 1 N–H and O–H groups in total. The zero-order valence-corrected chi connectivity index (χ0v) is 11.5. The highest BCUT2D eigenvalue weighted by molar-refractivity contribution is 5.81. The molecule has 1 heterocycles. The first-order valence-electron chi connectivity index (χ1n) is 7.04. The van der Waals surface area contributed by atoms with Crippen molar-refractivity contribution in [1.29, 1.82) is 0 Å². The minimum absolute atomic E-state index is 0.901. The molecule has 0 atom stereocenters. The molecule has 0 aliphatic carbocycles. The maximum absolute atomic E-state index is 5.60. The lowest BCUT2D eigenvalue weighted by atomic mass is 10.0. The number of rotatable bonds is 7. The van der Waals surface area contributed by atoms with E-state index in [-0.39, 0.29) is 0 Å². The quantitative estimate of drug-likeness (QED) is 0.737. The first kappa shape index (κ1) is 13.2. The molecule has 2 rings (SSSR count). The molecule has 98 valence electrons. The van der Waals surface area contributed by atoms with E-state index in [1.54, 1.807) is 0 Å². The highest BCUT2D eigenvalue weighted by Crippen LogP contribution is 2.23. The van der Waals surface area contributed by atoms with Crippen molar-refractivity contribution >= 4 is 11.0 Å². The average Bonchev–Trinajstić information content (AvgIpc) is 2.79. The first-order chi connectivity index (χ1) is 8.85. The summed E-state index contributed by atoms with van der Waals surface area (Å²) >= 11 is 0. The molecule has 1 aromatic carbocycles. The number of furan rings is 1. The second kappa shape index (κ2) is 6.60. The van der Waals surface area contributed by atoms with Crippen LogP contribution in [0.3, 0.4) is 0 Å². The SMILES string of the molecule is CCCCc1ccc2occ(CNCCC)c2c1. The van der Waals surface area contributed by atoms with Crippen LogP contribution in [0.25, 0.3) is 11.0 Å². The van der Waals surface area contributed by atoms with Crippen LogP contribution in [0.1, 0.15) is 44.2 Å². The maximum Gasteiger partial charge on any atom is 0.134 e. The van der Waals surface area contributed by atoms with E-state index >= 15 is 0 Å². The van der Waals surface area contributed by atoms with Gasteiger partial charge in [0, 0.05) is 17.5 Å². The van der Waals surface area contributed by atoms with Crippen LogP contribution in [-0.4, -0.2) is 6.54 Å². The van der Waals surface area contributed by atoms with Crippen molar-refractivity contribution in [3.05, 3.63) is 35.6 Å². The van der Waals surface area contributed by atoms with Gasteiger partial charge in [-0.3, -0.25) is 0 Å². The summed E-state index contributed by atoms with van der Waals surface area (Å²) in [4.78, 5) is 0. The zero-order chi connectivity index (χ0) is 12.8. The molecule has 1 aromatic heterocycles. The molecule has 0 saturated carbocycles. The molecule has 0 bridgehead atoms. The molecule has 0 unspecified atom stereocenters. The molecule has 2 aromatic rings. The van der Waals surface area contributed by atoms with Crippen molar-refractivity contribution in [3.8, 4) is 0 Å². The molecule has 0 saturated heterocycles. The summed E-state index contributed by atoms with van der Waals surface area (Å²) in [5.41, 5.74) is 3.70. The number of fused-ring (bicyclic) bond motifs is 1. The maximum atomic E-state index is 5.60. The third-order valence-corrected chi connectivity index (χ3v) is 3.28. The minimum Gasteiger partial charge on any atom is -0.464 e. The van der Waals surface area contributed by atoms with Crippen molar-refractivity contribution in [3.63, 3.8) is 0 Å². The number of nitrogens with one attached hydrogen (secondary N) is 1. The number of aryl methyl sites for hydroxylation is 1. The van der Waals surface area contributed by atoms with Crippen LogP contribution in [0.5, 0.6) is 0 Å². The lowest BCUT2D eigenvalue weighted by Gasteiger charge is -2.03. The molecule has 2 heteroatoms. The third-order valence-electron chi connectivity index (χ3n) is 3.28. The van der Waals surface area contributed by atoms with Crippen LogP contribution < -0.4 is 5.32 Å². The molecule has 0 spiro atoms. The van der Waals surface area contributed by atoms with E-state index in [9.17, 15) is 0 Å². The summed E-state index contributed by atoms with van der Waals surface area (Å²) in [5, 5.41) is 4.70. The Labute approximate surface area is 109 Å². The van der Waals surface area contributed by atoms with Crippen molar-refractivity contribution in [2.24, 2.45) is 0 Å². The summed E-state index contributed by atoms with van der Waals surface area (Å²) in [7, 11) is 0. The Morgan fingerprint density at radius 3 is 2.83 bits per heavy atom. The largest absolute Gasteiger partial charge is 0.464 e. The van der Waals surface area contributed by atoms with Crippen molar-refractivity contribution in [1.82, 2.24) is 5.32 Å². The fourth-order valence-electron chi connectivity index (χ4n) is 2.20. The Hall–Kier alpha value is -1.28. The molecule has 0 radical (unpaired) electrons. The standard InChI is InChI=1S/C16H23NO/c1-3-5-6-13-7-8-16-15(10-13)14(12-18-16)11-17-9-4-2/h7-8,10,12,17H,3-6,9,11H2,1-2H3. The lowest BCUT2D eigenvalue weighted by Crippen LogP contribution is -2.13. The molecule has 2 nitrogen and oxygen atoms in total. The summed E-state index contributed by atoms with van der Waals surface area (Å²) < 4.78 is 5.60. The van der Waals surface area contributed by atoms with E-state index < -0.39 is 0 Å². The average molecular weight is 245 g/mol.